The summed E-state index contributed by atoms with van der Waals surface area (Å²) in [4.78, 5) is 8.23. The monoisotopic (exact) mass is 234 g/mol. The summed E-state index contributed by atoms with van der Waals surface area (Å²) in [7, 11) is 0. The van der Waals surface area contributed by atoms with Crippen LogP contribution in [0, 0.1) is 6.92 Å². The smallest absolute Gasteiger partial charge is 0.125 e. The molecule has 3 nitrogen and oxygen atoms in total. The highest BCUT2D eigenvalue weighted by atomic mass is 32.1. The number of aliphatic hydroxyl groups excluding tert-OH is 1. The Morgan fingerprint density at radius 2 is 2.31 bits per heavy atom. The van der Waals surface area contributed by atoms with Crippen LogP contribution in [0.15, 0.2) is 29.1 Å². The fourth-order valence-corrected chi connectivity index (χ4v) is 2.25. The number of rotatable bonds is 4. The summed E-state index contributed by atoms with van der Waals surface area (Å²) in [6.07, 6.45) is 2.77. The average molecular weight is 234 g/mol. The van der Waals surface area contributed by atoms with Crippen LogP contribution in [0.5, 0.6) is 0 Å². The van der Waals surface area contributed by atoms with E-state index in [1.807, 2.05) is 6.92 Å². The lowest BCUT2D eigenvalue weighted by Crippen LogP contribution is -2.03. The Hall–Kier alpha value is -1.26. The molecule has 2 rings (SSSR count). The van der Waals surface area contributed by atoms with Gasteiger partial charge in [-0.2, -0.15) is 11.3 Å². The molecule has 0 radical (unpaired) electrons. The molecule has 84 valence electrons. The van der Waals surface area contributed by atoms with Gasteiger partial charge < -0.3 is 5.11 Å². The fourth-order valence-electron chi connectivity index (χ4n) is 1.55. The standard InChI is InChI=1S/C12H14N2OS/c1-9-13-6-4-11(14-9)12(15)3-2-10-5-7-16-8-10/h4-8,12,15H,2-3H2,1H3. The van der Waals surface area contributed by atoms with E-state index in [4.69, 9.17) is 0 Å². The van der Waals surface area contributed by atoms with Crippen LogP contribution in [0.4, 0.5) is 0 Å². The summed E-state index contributed by atoms with van der Waals surface area (Å²) >= 11 is 1.68. The molecule has 1 unspecified atom stereocenters. The molecule has 2 aromatic rings. The molecule has 0 saturated heterocycles. The molecule has 1 N–H and O–H groups in total. The Kier molecular flexibility index (Phi) is 3.64. The summed E-state index contributed by atoms with van der Waals surface area (Å²) in [5.74, 6) is 0.701. The van der Waals surface area contributed by atoms with Gasteiger partial charge >= 0.3 is 0 Å². The molecule has 0 aliphatic carbocycles. The second-order valence-electron chi connectivity index (χ2n) is 3.71. The Balaban J connectivity index is 1.95. The molecule has 0 saturated carbocycles. The van der Waals surface area contributed by atoms with Gasteiger partial charge in [0.1, 0.15) is 5.82 Å². The van der Waals surface area contributed by atoms with Crippen LogP contribution >= 0.6 is 11.3 Å². The molecule has 2 heterocycles. The Labute approximate surface area is 98.8 Å². The van der Waals surface area contributed by atoms with E-state index in [-0.39, 0.29) is 0 Å². The molecule has 0 bridgehead atoms. The van der Waals surface area contributed by atoms with Crippen LogP contribution in [0.1, 0.15) is 29.6 Å². The van der Waals surface area contributed by atoms with Crippen molar-refractivity contribution >= 4 is 11.3 Å². The first kappa shape index (κ1) is 11.2. The average Bonchev–Trinajstić information content (AvgIpc) is 2.78. The molecule has 0 aliphatic rings. The number of aliphatic hydroxyl groups is 1. The zero-order chi connectivity index (χ0) is 11.4. The van der Waals surface area contributed by atoms with Gasteiger partial charge in [0.2, 0.25) is 0 Å². The van der Waals surface area contributed by atoms with Crippen LogP contribution in [0.3, 0.4) is 0 Å². The van der Waals surface area contributed by atoms with E-state index < -0.39 is 6.10 Å². The van der Waals surface area contributed by atoms with Crippen LogP contribution < -0.4 is 0 Å². The van der Waals surface area contributed by atoms with E-state index in [2.05, 4.69) is 26.8 Å². The van der Waals surface area contributed by atoms with Crippen molar-refractivity contribution in [3.05, 3.63) is 46.2 Å². The van der Waals surface area contributed by atoms with E-state index in [1.54, 1.807) is 23.6 Å². The Morgan fingerprint density at radius 3 is 3.00 bits per heavy atom. The van der Waals surface area contributed by atoms with Crippen molar-refractivity contribution in [3.63, 3.8) is 0 Å². The van der Waals surface area contributed by atoms with Crippen molar-refractivity contribution < 1.29 is 5.11 Å². The summed E-state index contributed by atoms with van der Waals surface area (Å²) in [6, 6.07) is 3.86. The lowest BCUT2D eigenvalue weighted by atomic mass is 10.1. The van der Waals surface area contributed by atoms with Crippen LogP contribution in [0.25, 0.3) is 0 Å². The van der Waals surface area contributed by atoms with Gasteiger partial charge in [-0.05, 0) is 48.2 Å². The SMILES string of the molecule is Cc1nccc(C(O)CCc2ccsc2)n1. The minimum atomic E-state index is -0.499. The zero-order valence-corrected chi connectivity index (χ0v) is 9.94. The zero-order valence-electron chi connectivity index (χ0n) is 9.13. The minimum absolute atomic E-state index is 0.499. The second kappa shape index (κ2) is 5.18. The van der Waals surface area contributed by atoms with E-state index in [9.17, 15) is 5.11 Å². The largest absolute Gasteiger partial charge is 0.387 e. The summed E-state index contributed by atoms with van der Waals surface area (Å²) in [6.45, 7) is 1.83. The number of aryl methyl sites for hydroxylation is 2. The Morgan fingerprint density at radius 1 is 1.44 bits per heavy atom. The maximum Gasteiger partial charge on any atom is 0.125 e. The number of hydrogen-bond acceptors (Lipinski definition) is 4. The van der Waals surface area contributed by atoms with E-state index >= 15 is 0 Å². The maximum absolute atomic E-state index is 9.96. The number of nitrogens with zero attached hydrogens (tertiary/aromatic N) is 2. The molecule has 2 aromatic heterocycles. The normalized spacial score (nSPS) is 12.6. The summed E-state index contributed by atoms with van der Waals surface area (Å²) < 4.78 is 0. The molecule has 0 amide bonds. The highest BCUT2D eigenvalue weighted by Gasteiger charge is 2.09. The first-order valence-electron chi connectivity index (χ1n) is 5.24. The predicted octanol–water partition coefficient (Wildman–Crippen LogP) is 2.51. The lowest BCUT2D eigenvalue weighted by Gasteiger charge is -2.09. The number of aromatic nitrogens is 2. The topological polar surface area (TPSA) is 46.0 Å². The highest BCUT2D eigenvalue weighted by Crippen LogP contribution is 2.18. The van der Waals surface area contributed by atoms with Crippen LogP contribution in [-0.4, -0.2) is 15.1 Å². The van der Waals surface area contributed by atoms with Crippen LogP contribution in [0.2, 0.25) is 0 Å². The second-order valence-corrected chi connectivity index (χ2v) is 4.49. The summed E-state index contributed by atoms with van der Waals surface area (Å²) in [5, 5.41) is 14.1. The first-order chi connectivity index (χ1) is 7.75. The molecule has 4 heteroatoms. The third kappa shape index (κ3) is 2.87. The van der Waals surface area contributed by atoms with Crippen molar-refractivity contribution in [2.75, 3.05) is 0 Å². The fraction of sp³-hybridized carbons (Fsp3) is 0.333. The van der Waals surface area contributed by atoms with Crippen molar-refractivity contribution in [2.45, 2.75) is 25.9 Å². The van der Waals surface area contributed by atoms with Gasteiger partial charge in [0.25, 0.3) is 0 Å². The van der Waals surface area contributed by atoms with Gasteiger partial charge in [-0.25, -0.2) is 9.97 Å². The number of thiophene rings is 1. The van der Waals surface area contributed by atoms with E-state index in [0.29, 0.717) is 17.9 Å². The van der Waals surface area contributed by atoms with Crippen molar-refractivity contribution in [2.24, 2.45) is 0 Å². The molecule has 0 aromatic carbocycles. The minimum Gasteiger partial charge on any atom is -0.387 e. The molecule has 1 atom stereocenters. The predicted molar refractivity (Wildman–Crippen MR) is 64.4 cm³/mol. The van der Waals surface area contributed by atoms with Gasteiger partial charge in [0, 0.05) is 6.20 Å². The maximum atomic E-state index is 9.96. The Bertz CT molecular complexity index is 442. The molecule has 0 spiro atoms. The van der Waals surface area contributed by atoms with Crippen molar-refractivity contribution in [1.29, 1.82) is 0 Å². The lowest BCUT2D eigenvalue weighted by molar-refractivity contribution is 0.162. The molecule has 0 aliphatic heterocycles. The molecular formula is C12H14N2OS. The van der Waals surface area contributed by atoms with Gasteiger partial charge in [0.05, 0.1) is 11.8 Å². The van der Waals surface area contributed by atoms with Gasteiger partial charge in [-0.15, -0.1) is 0 Å². The number of hydrogen-bond donors (Lipinski definition) is 1. The van der Waals surface area contributed by atoms with Gasteiger partial charge in [-0.1, -0.05) is 0 Å². The summed E-state index contributed by atoms with van der Waals surface area (Å²) in [5.41, 5.74) is 1.98. The molecular weight excluding hydrogens is 220 g/mol. The van der Waals surface area contributed by atoms with E-state index in [1.165, 1.54) is 5.56 Å². The third-order valence-electron chi connectivity index (χ3n) is 2.43. The highest BCUT2D eigenvalue weighted by molar-refractivity contribution is 7.07. The van der Waals surface area contributed by atoms with Crippen molar-refractivity contribution in [1.82, 2.24) is 9.97 Å². The van der Waals surface area contributed by atoms with Gasteiger partial charge in [-0.3, -0.25) is 0 Å². The van der Waals surface area contributed by atoms with Crippen LogP contribution in [-0.2, 0) is 6.42 Å². The quantitative estimate of drug-likeness (QED) is 0.884. The first-order valence-corrected chi connectivity index (χ1v) is 6.18. The molecule has 0 fully saturated rings. The molecule has 16 heavy (non-hydrogen) atoms. The third-order valence-corrected chi connectivity index (χ3v) is 3.16. The van der Waals surface area contributed by atoms with E-state index in [0.717, 1.165) is 6.42 Å². The van der Waals surface area contributed by atoms with Gasteiger partial charge in [0.15, 0.2) is 0 Å². The van der Waals surface area contributed by atoms with Crippen molar-refractivity contribution in [3.8, 4) is 0 Å².